The molecule has 0 spiro atoms. The van der Waals surface area contributed by atoms with Crippen molar-refractivity contribution in [2.75, 3.05) is 13.2 Å². The highest BCUT2D eigenvalue weighted by Crippen LogP contribution is 2.16. The molecule has 0 aliphatic heterocycles. The second kappa shape index (κ2) is 7.64. The number of hydrogen-bond acceptors (Lipinski definition) is 4. The van der Waals surface area contributed by atoms with E-state index in [0.717, 1.165) is 4.47 Å². The van der Waals surface area contributed by atoms with E-state index < -0.39 is 5.97 Å². The van der Waals surface area contributed by atoms with Crippen molar-refractivity contribution in [2.45, 2.75) is 6.42 Å². The van der Waals surface area contributed by atoms with E-state index in [9.17, 15) is 4.79 Å². The van der Waals surface area contributed by atoms with Gasteiger partial charge in [0.15, 0.2) is 0 Å². The summed E-state index contributed by atoms with van der Waals surface area (Å²) in [6.45, 7) is 1.01. The third kappa shape index (κ3) is 5.07. The van der Waals surface area contributed by atoms with E-state index in [1.807, 2.05) is 6.07 Å². The second-order valence-corrected chi connectivity index (χ2v) is 5.13. The third-order valence-corrected chi connectivity index (χ3v) is 3.04. The predicted octanol–water partition coefficient (Wildman–Crippen LogP) is 3.39. The molecule has 0 atom stereocenters. The number of carboxylic acids is 1. The monoisotopic (exact) mass is 351 g/mol. The van der Waals surface area contributed by atoms with Gasteiger partial charge >= 0.3 is 5.97 Å². The largest absolute Gasteiger partial charge is 0.493 e. The minimum Gasteiger partial charge on any atom is -0.493 e. The zero-order valence-electron chi connectivity index (χ0n) is 11.2. The van der Waals surface area contributed by atoms with Crippen molar-refractivity contribution in [3.05, 3.63) is 52.8 Å². The molecule has 2 rings (SSSR count). The van der Waals surface area contributed by atoms with Crippen LogP contribution in [0.3, 0.4) is 0 Å². The lowest BCUT2D eigenvalue weighted by Gasteiger charge is -2.08. The van der Waals surface area contributed by atoms with E-state index >= 15 is 0 Å². The second-order valence-electron chi connectivity index (χ2n) is 4.22. The lowest BCUT2D eigenvalue weighted by molar-refractivity contribution is 0.0697. The Morgan fingerprint density at radius 3 is 2.38 bits per heavy atom. The van der Waals surface area contributed by atoms with Gasteiger partial charge in [0, 0.05) is 17.1 Å². The lowest BCUT2D eigenvalue weighted by Crippen LogP contribution is -2.05. The van der Waals surface area contributed by atoms with Gasteiger partial charge in [-0.25, -0.2) is 4.79 Å². The summed E-state index contributed by atoms with van der Waals surface area (Å²) in [5, 5.41) is 8.78. The molecule has 5 nitrogen and oxygen atoms in total. The lowest BCUT2D eigenvalue weighted by atomic mass is 10.2. The molecule has 0 radical (unpaired) electrons. The van der Waals surface area contributed by atoms with Crippen molar-refractivity contribution in [3.8, 4) is 11.5 Å². The van der Waals surface area contributed by atoms with Crippen LogP contribution in [0.4, 0.5) is 0 Å². The number of pyridine rings is 1. The van der Waals surface area contributed by atoms with Crippen LogP contribution in [0.2, 0.25) is 0 Å². The molecular formula is C15H14BrNO4. The zero-order chi connectivity index (χ0) is 15.1. The Morgan fingerprint density at radius 1 is 1.10 bits per heavy atom. The van der Waals surface area contributed by atoms with Gasteiger partial charge in [-0.15, -0.1) is 0 Å². The van der Waals surface area contributed by atoms with Crippen LogP contribution in [0.1, 0.15) is 16.8 Å². The average Bonchev–Trinajstić information content (AvgIpc) is 2.47. The molecule has 6 heteroatoms. The topological polar surface area (TPSA) is 68.7 Å². The van der Waals surface area contributed by atoms with Crippen LogP contribution >= 0.6 is 15.9 Å². The first-order valence-corrected chi connectivity index (χ1v) is 7.14. The first-order valence-electron chi connectivity index (χ1n) is 6.34. The van der Waals surface area contributed by atoms with Crippen LogP contribution in [0.5, 0.6) is 11.5 Å². The molecule has 1 aromatic carbocycles. The normalized spacial score (nSPS) is 10.1. The fraction of sp³-hybridized carbons (Fsp3) is 0.200. The standard InChI is InChI=1S/C15H14BrNO4/c16-12-8-14(10-17-9-12)21-7-1-6-20-13-4-2-11(3-5-13)15(18)19/h2-5,8-10H,1,6-7H2,(H,18,19). The van der Waals surface area contributed by atoms with Gasteiger partial charge in [0.05, 0.1) is 25.0 Å². The molecule has 21 heavy (non-hydrogen) atoms. The molecule has 0 fully saturated rings. The number of carbonyl (C=O) groups is 1. The Labute approximate surface area is 130 Å². The van der Waals surface area contributed by atoms with Crippen LogP contribution < -0.4 is 9.47 Å². The molecule has 0 aliphatic carbocycles. The Kier molecular flexibility index (Phi) is 5.57. The number of carboxylic acid groups (broad SMARTS) is 1. The summed E-state index contributed by atoms with van der Waals surface area (Å²) in [7, 11) is 0. The number of rotatable bonds is 7. The summed E-state index contributed by atoms with van der Waals surface area (Å²) in [4.78, 5) is 14.7. The fourth-order valence-electron chi connectivity index (χ4n) is 1.60. The minimum absolute atomic E-state index is 0.243. The van der Waals surface area contributed by atoms with Gasteiger partial charge in [0.2, 0.25) is 0 Å². The summed E-state index contributed by atoms with van der Waals surface area (Å²) in [5.74, 6) is 0.400. The summed E-state index contributed by atoms with van der Waals surface area (Å²) in [6.07, 6.45) is 4.06. The van der Waals surface area contributed by atoms with Gasteiger partial charge < -0.3 is 14.6 Å². The number of hydrogen-bond donors (Lipinski definition) is 1. The Hall–Kier alpha value is -2.08. The highest BCUT2D eigenvalue weighted by molar-refractivity contribution is 9.10. The summed E-state index contributed by atoms with van der Waals surface area (Å²) >= 11 is 3.32. The molecule has 1 heterocycles. The Balaban J connectivity index is 1.69. The SMILES string of the molecule is O=C(O)c1ccc(OCCCOc2cncc(Br)c2)cc1. The quantitative estimate of drug-likeness (QED) is 0.774. The van der Waals surface area contributed by atoms with E-state index in [2.05, 4.69) is 20.9 Å². The molecule has 2 aromatic rings. The Bertz CT molecular complexity index is 601. The van der Waals surface area contributed by atoms with Crippen LogP contribution in [-0.4, -0.2) is 29.3 Å². The highest BCUT2D eigenvalue weighted by Gasteiger charge is 2.02. The average molecular weight is 352 g/mol. The van der Waals surface area contributed by atoms with Crippen molar-refractivity contribution in [1.29, 1.82) is 0 Å². The van der Waals surface area contributed by atoms with Gasteiger partial charge in [-0.05, 0) is 46.3 Å². The van der Waals surface area contributed by atoms with E-state index in [0.29, 0.717) is 31.1 Å². The molecule has 0 amide bonds. The molecule has 0 unspecified atom stereocenters. The van der Waals surface area contributed by atoms with Crippen molar-refractivity contribution in [3.63, 3.8) is 0 Å². The molecule has 1 N–H and O–H groups in total. The maximum absolute atomic E-state index is 10.7. The van der Waals surface area contributed by atoms with Gasteiger partial charge in [-0.1, -0.05) is 0 Å². The zero-order valence-corrected chi connectivity index (χ0v) is 12.7. The summed E-state index contributed by atoms with van der Waals surface area (Å²) < 4.78 is 11.9. The third-order valence-electron chi connectivity index (χ3n) is 2.61. The Morgan fingerprint density at radius 2 is 1.76 bits per heavy atom. The van der Waals surface area contributed by atoms with Crippen molar-refractivity contribution in [1.82, 2.24) is 4.98 Å². The number of aromatic nitrogens is 1. The van der Waals surface area contributed by atoms with Gasteiger partial charge in [-0.3, -0.25) is 4.98 Å². The van der Waals surface area contributed by atoms with Crippen molar-refractivity contribution >= 4 is 21.9 Å². The first-order chi connectivity index (χ1) is 10.1. The maximum atomic E-state index is 10.7. The van der Waals surface area contributed by atoms with Crippen LogP contribution in [0.25, 0.3) is 0 Å². The van der Waals surface area contributed by atoms with E-state index in [1.165, 1.54) is 12.1 Å². The van der Waals surface area contributed by atoms with Crippen LogP contribution in [-0.2, 0) is 0 Å². The number of halogens is 1. The van der Waals surface area contributed by atoms with Crippen molar-refractivity contribution in [2.24, 2.45) is 0 Å². The number of benzene rings is 1. The first kappa shape index (κ1) is 15.3. The molecular weight excluding hydrogens is 338 g/mol. The van der Waals surface area contributed by atoms with E-state index in [-0.39, 0.29) is 5.56 Å². The highest BCUT2D eigenvalue weighted by atomic mass is 79.9. The van der Waals surface area contributed by atoms with Gasteiger partial charge in [0.25, 0.3) is 0 Å². The molecule has 0 bridgehead atoms. The van der Waals surface area contributed by atoms with E-state index in [4.69, 9.17) is 14.6 Å². The predicted molar refractivity (Wildman–Crippen MR) is 80.9 cm³/mol. The number of ether oxygens (including phenoxy) is 2. The number of aromatic carboxylic acids is 1. The summed E-state index contributed by atoms with van der Waals surface area (Å²) in [6, 6.07) is 8.16. The molecule has 0 saturated carbocycles. The molecule has 0 aliphatic rings. The van der Waals surface area contributed by atoms with Crippen molar-refractivity contribution < 1.29 is 19.4 Å². The van der Waals surface area contributed by atoms with E-state index in [1.54, 1.807) is 24.5 Å². The molecule has 110 valence electrons. The summed E-state index contributed by atoms with van der Waals surface area (Å²) in [5.41, 5.74) is 0.243. The molecule has 1 aromatic heterocycles. The van der Waals surface area contributed by atoms with Gasteiger partial charge in [-0.2, -0.15) is 0 Å². The maximum Gasteiger partial charge on any atom is 0.335 e. The van der Waals surface area contributed by atoms with Crippen LogP contribution in [0.15, 0.2) is 47.2 Å². The van der Waals surface area contributed by atoms with Crippen LogP contribution in [0, 0.1) is 0 Å². The number of nitrogens with zero attached hydrogens (tertiary/aromatic N) is 1. The molecule has 0 saturated heterocycles. The smallest absolute Gasteiger partial charge is 0.335 e. The van der Waals surface area contributed by atoms with Gasteiger partial charge in [0.1, 0.15) is 11.5 Å². The fourth-order valence-corrected chi connectivity index (χ4v) is 1.95. The minimum atomic E-state index is -0.947.